The van der Waals surface area contributed by atoms with Crippen molar-refractivity contribution in [3.05, 3.63) is 71.3 Å². The van der Waals surface area contributed by atoms with Crippen LogP contribution < -0.4 is 9.64 Å². The zero-order chi connectivity index (χ0) is 24.5. The van der Waals surface area contributed by atoms with Gasteiger partial charge in [-0.2, -0.15) is 0 Å². The van der Waals surface area contributed by atoms with Gasteiger partial charge in [0.2, 0.25) is 0 Å². The van der Waals surface area contributed by atoms with E-state index in [0.29, 0.717) is 11.6 Å². The van der Waals surface area contributed by atoms with E-state index in [9.17, 15) is 4.79 Å². The number of aromatic nitrogens is 1. The van der Waals surface area contributed by atoms with Crippen molar-refractivity contribution in [2.24, 2.45) is 4.99 Å². The van der Waals surface area contributed by atoms with Gasteiger partial charge in [-0.05, 0) is 92.8 Å². The van der Waals surface area contributed by atoms with Crippen molar-refractivity contribution in [2.45, 2.75) is 45.6 Å². The Morgan fingerprint density at radius 3 is 2.63 bits per heavy atom. The molecule has 176 valence electrons. The third-order valence-corrected chi connectivity index (χ3v) is 8.14. The summed E-state index contributed by atoms with van der Waals surface area (Å²) in [4.78, 5) is 25.2. The van der Waals surface area contributed by atoms with Crippen molar-refractivity contribution in [1.82, 2.24) is 4.98 Å². The smallest absolute Gasteiger partial charge is 0.278 e. The van der Waals surface area contributed by atoms with Gasteiger partial charge in [-0.3, -0.25) is 4.79 Å². The van der Waals surface area contributed by atoms with Crippen LogP contribution in [-0.4, -0.2) is 29.3 Å². The summed E-state index contributed by atoms with van der Waals surface area (Å²) < 4.78 is 6.77. The molecule has 6 rings (SSSR count). The minimum atomic E-state index is -0.279. The number of benzene rings is 3. The van der Waals surface area contributed by atoms with Crippen LogP contribution in [0.4, 0.5) is 11.4 Å². The maximum absolute atomic E-state index is 13.7. The Kier molecular flexibility index (Phi) is 4.87. The van der Waals surface area contributed by atoms with Gasteiger partial charge in [0.1, 0.15) is 16.5 Å². The molecule has 0 N–H and O–H groups in total. The summed E-state index contributed by atoms with van der Waals surface area (Å²) in [5, 5.41) is 0.981. The number of ether oxygens (including phenoxy) is 1. The van der Waals surface area contributed by atoms with Gasteiger partial charge in [-0.1, -0.05) is 13.0 Å². The summed E-state index contributed by atoms with van der Waals surface area (Å²) >= 11 is 1.69. The predicted molar refractivity (Wildman–Crippen MR) is 144 cm³/mol. The molecule has 1 amide bonds. The topological polar surface area (TPSA) is 54.8 Å². The van der Waals surface area contributed by atoms with Crippen LogP contribution in [0.25, 0.3) is 20.8 Å². The molecule has 4 aromatic rings. The van der Waals surface area contributed by atoms with E-state index in [1.165, 1.54) is 10.3 Å². The zero-order valence-corrected chi connectivity index (χ0v) is 21.4. The first-order chi connectivity index (χ1) is 16.7. The highest BCUT2D eigenvalue weighted by atomic mass is 32.1. The molecule has 0 aliphatic carbocycles. The fourth-order valence-electron chi connectivity index (χ4n) is 5.47. The average molecular weight is 482 g/mol. The van der Waals surface area contributed by atoms with Crippen LogP contribution in [-0.2, 0) is 4.79 Å². The van der Waals surface area contributed by atoms with Crippen LogP contribution in [0.1, 0.15) is 49.8 Å². The third kappa shape index (κ3) is 3.47. The summed E-state index contributed by atoms with van der Waals surface area (Å²) in [6, 6.07) is 18.3. The number of amides is 1. The van der Waals surface area contributed by atoms with Crippen LogP contribution in [0.2, 0.25) is 0 Å². The number of fused-ring (bicyclic) bond motifs is 1. The van der Waals surface area contributed by atoms with Crippen LogP contribution in [0.5, 0.6) is 5.75 Å². The van der Waals surface area contributed by atoms with Gasteiger partial charge in [0.25, 0.3) is 5.91 Å². The minimum absolute atomic E-state index is 0.0444. The number of nitrogens with zero attached hydrogens (tertiary/aromatic N) is 3. The van der Waals surface area contributed by atoms with Crippen LogP contribution in [0.15, 0.2) is 59.6 Å². The molecule has 5 nitrogen and oxygen atoms in total. The molecule has 0 saturated heterocycles. The summed E-state index contributed by atoms with van der Waals surface area (Å²) in [6.07, 6.45) is 0.891. The number of hydrogen-bond acceptors (Lipinski definition) is 5. The lowest BCUT2D eigenvalue weighted by atomic mass is 9.80. The molecule has 0 radical (unpaired) electrons. The van der Waals surface area contributed by atoms with Gasteiger partial charge in [-0.25, -0.2) is 9.98 Å². The number of carbonyl (C=O) groups is 1. The highest BCUT2D eigenvalue weighted by molar-refractivity contribution is 7.21. The number of thiazole rings is 1. The third-order valence-electron chi connectivity index (χ3n) is 7.07. The van der Waals surface area contributed by atoms with Crippen molar-refractivity contribution >= 4 is 44.5 Å². The number of hydrogen-bond donors (Lipinski definition) is 0. The molecule has 0 fully saturated rings. The second-order valence-electron chi connectivity index (χ2n) is 10.2. The SMILES string of the molecule is COc1cc2c3c(c1)[C@H](C)CC(C)(C)N3C(=O)C2=Nc1ccc(-c2nc3ccc(C)cc3s2)cc1. The highest BCUT2D eigenvalue weighted by Gasteiger charge is 2.48. The Morgan fingerprint density at radius 1 is 1.11 bits per heavy atom. The Bertz CT molecular complexity index is 1530. The minimum Gasteiger partial charge on any atom is -0.497 e. The van der Waals surface area contributed by atoms with E-state index in [1.54, 1.807) is 18.4 Å². The van der Waals surface area contributed by atoms with E-state index in [4.69, 9.17) is 14.7 Å². The van der Waals surface area contributed by atoms with Crippen molar-refractivity contribution in [2.75, 3.05) is 12.0 Å². The number of aliphatic imine (C=N–C) groups is 1. The van der Waals surface area contributed by atoms with E-state index in [-0.39, 0.29) is 11.4 Å². The van der Waals surface area contributed by atoms with Crippen molar-refractivity contribution < 1.29 is 9.53 Å². The summed E-state index contributed by atoms with van der Waals surface area (Å²) in [7, 11) is 1.67. The molecule has 35 heavy (non-hydrogen) atoms. The first kappa shape index (κ1) is 22.0. The Balaban J connectivity index is 1.41. The molecule has 0 saturated carbocycles. The lowest BCUT2D eigenvalue weighted by Crippen LogP contribution is -2.50. The molecule has 3 heterocycles. The Labute approximate surface area is 209 Å². The summed E-state index contributed by atoms with van der Waals surface area (Å²) in [6.45, 7) is 8.58. The second-order valence-corrected chi connectivity index (χ2v) is 11.2. The molecule has 0 unspecified atom stereocenters. The number of rotatable bonds is 3. The van der Waals surface area contributed by atoms with Crippen LogP contribution in [0, 0.1) is 6.92 Å². The van der Waals surface area contributed by atoms with Crippen molar-refractivity contribution in [3.63, 3.8) is 0 Å². The fraction of sp³-hybridized carbons (Fsp3) is 0.276. The lowest BCUT2D eigenvalue weighted by molar-refractivity contribution is -0.113. The van der Waals surface area contributed by atoms with Gasteiger partial charge in [-0.15, -0.1) is 11.3 Å². The highest BCUT2D eigenvalue weighted by Crippen LogP contribution is 2.50. The Hall–Kier alpha value is -3.51. The number of aryl methyl sites for hydroxylation is 1. The molecule has 6 heteroatoms. The molecule has 0 bridgehead atoms. The van der Waals surface area contributed by atoms with Gasteiger partial charge in [0.15, 0.2) is 0 Å². The molecular formula is C29H27N3O2S. The standard InChI is InChI=1S/C29H27N3O2S/c1-16-6-11-23-24(12-16)35-27(31-23)18-7-9-19(10-8-18)30-25-22-14-20(34-5)13-21-17(2)15-29(3,4)32(26(21)22)28(25)33/h6-14,17H,15H2,1-5H3/t17-/m1/s1. The first-order valence-corrected chi connectivity index (χ1v) is 12.7. The molecular weight excluding hydrogens is 454 g/mol. The van der Waals surface area contributed by atoms with Crippen LogP contribution >= 0.6 is 11.3 Å². The summed E-state index contributed by atoms with van der Waals surface area (Å²) in [5.41, 5.74) is 7.23. The molecule has 2 aliphatic heterocycles. The maximum Gasteiger partial charge on any atom is 0.278 e. The summed E-state index contributed by atoms with van der Waals surface area (Å²) in [5.74, 6) is 1.04. The number of anilines is 1. The first-order valence-electron chi connectivity index (χ1n) is 11.9. The number of carbonyl (C=O) groups excluding carboxylic acids is 1. The van der Waals surface area contributed by atoms with E-state index in [2.05, 4.69) is 52.0 Å². The van der Waals surface area contributed by atoms with E-state index >= 15 is 0 Å². The predicted octanol–water partition coefficient (Wildman–Crippen LogP) is 7.03. The van der Waals surface area contributed by atoms with E-state index in [1.807, 2.05) is 35.2 Å². The second kappa shape index (κ2) is 7.75. The van der Waals surface area contributed by atoms with Gasteiger partial charge in [0, 0.05) is 16.7 Å². The van der Waals surface area contributed by atoms with Crippen LogP contribution in [0.3, 0.4) is 0 Å². The molecule has 2 aliphatic rings. The molecule has 1 aromatic heterocycles. The quantitative estimate of drug-likeness (QED) is 0.315. The number of methoxy groups -OCH3 is 1. The Morgan fingerprint density at radius 2 is 1.89 bits per heavy atom. The molecule has 3 aromatic carbocycles. The fourth-order valence-corrected chi connectivity index (χ4v) is 6.54. The molecule has 1 atom stereocenters. The van der Waals surface area contributed by atoms with E-state index < -0.39 is 0 Å². The van der Waals surface area contributed by atoms with Crippen molar-refractivity contribution in [1.29, 1.82) is 0 Å². The van der Waals surface area contributed by atoms with Gasteiger partial charge in [0.05, 0.1) is 28.7 Å². The van der Waals surface area contributed by atoms with Crippen molar-refractivity contribution in [3.8, 4) is 16.3 Å². The lowest BCUT2D eigenvalue weighted by Gasteiger charge is -2.43. The van der Waals surface area contributed by atoms with Gasteiger partial charge >= 0.3 is 0 Å². The largest absolute Gasteiger partial charge is 0.497 e. The van der Waals surface area contributed by atoms with E-state index in [0.717, 1.165) is 50.8 Å². The van der Waals surface area contributed by atoms with Gasteiger partial charge < -0.3 is 9.64 Å². The maximum atomic E-state index is 13.7. The normalized spacial score (nSPS) is 19.5. The molecule has 0 spiro atoms. The average Bonchev–Trinajstić information content (AvgIpc) is 3.37. The zero-order valence-electron chi connectivity index (χ0n) is 20.5. The monoisotopic (exact) mass is 481 g/mol.